The van der Waals surface area contributed by atoms with Crippen molar-refractivity contribution in [3.05, 3.63) is 50.1 Å². The molecular formula is C13H12BrFN2OS. The third-order valence-corrected chi connectivity index (χ3v) is 4.16. The number of rotatable bonds is 4. The van der Waals surface area contributed by atoms with Crippen LogP contribution >= 0.6 is 27.3 Å². The van der Waals surface area contributed by atoms with Crippen LogP contribution in [0.1, 0.15) is 27.2 Å². The molecule has 0 atom stereocenters. The Balaban J connectivity index is 2.01. The van der Waals surface area contributed by atoms with Crippen molar-refractivity contribution in [2.75, 3.05) is 0 Å². The van der Waals surface area contributed by atoms with E-state index in [2.05, 4.69) is 26.2 Å². The standard InChI is InChI=1S/C13H12BrFN2OS/c1-2-9-6-16-12(19-9)7-17-13(18)10-4-3-8(14)5-11(10)15/h3-6H,2,7H2,1H3,(H,17,18). The molecule has 6 heteroatoms. The van der Waals surface area contributed by atoms with Gasteiger partial charge in [0.25, 0.3) is 5.91 Å². The average molecular weight is 343 g/mol. The van der Waals surface area contributed by atoms with Gasteiger partial charge in [-0.2, -0.15) is 0 Å². The van der Waals surface area contributed by atoms with Gasteiger partial charge in [0.1, 0.15) is 10.8 Å². The van der Waals surface area contributed by atoms with Crippen LogP contribution in [0.25, 0.3) is 0 Å². The number of halogens is 2. The van der Waals surface area contributed by atoms with Crippen molar-refractivity contribution in [2.24, 2.45) is 0 Å². The Bertz CT molecular complexity index is 600. The molecule has 1 aromatic carbocycles. The van der Waals surface area contributed by atoms with Gasteiger partial charge in [-0.3, -0.25) is 4.79 Å². The molecule has 2 rings (SSSR count). The van der Waals surface area contributed by atoms with Crippen molar-refractivity contribution < 1.29 is 9.18 Å². The smallest absolute Gasteiger partial charge is 0.254 e. The second-order valence-corrected chi connectivity index (χ2v) is 6.00. The Morgan fingerprint density at radius 3 is 2.95 bits per heavy atom. The number of thiazole rings is 1. The van der Waals surface area contributed by atoms with Crippen LogP contribution in [0.4, 0.5) is 4.39 Å². The summed E-state index contributed by atoms with van der Waals surface area (Å²) in [5.41, 5.74) is 0.0375. The minimum Gasteiger partial charge on any atom is -0.345 e. The lowest BCUT2D eigenvalue weighted by atomic mass is 10.2. The van der Waals surface area contributed by atoms with Crippen LogP contribution in [-0.4, -0.2) is 10.9 Å². The predicted molar refractivity (Wildman–Crippen MR) is 76.8 cm³/mol. The van der Waals surface area contributed by atoms with Gasteiger partial charge in [0.05, 0.1) is 12.1 Å². The van der Waals surface area contributed by atoms with E-state index in [1.165, 1.54) is 17.0 Å². The van der Waals surface area contributed by atoms with Gasteiger partial charge in [0.15, 0.2) is 0 Å². The van der Waals surface area contributed by atoms with E-state index in [0.29, 0.717) is 11.0 Å². The number of hydrogen-bond acceptors (Lipinski definition) is 3. The van der Waals surface area contributed by atoms with Gasteiger partial charge in [-0.1, -0.05) is 22.9 Å². The highest BCUT2D eigenvalue weighted by Gasteiger charge is 2.12. The molecule has 0 unspecified atom stereocenters. The minimum atomic E-state index is -0.541. The molecule has 0 bridgehead atoms. The monoisotopic (exact) mass is 342 g/mol. The normalized spacial score (nSPS) is 10.5. The van der Waals surface area contributed by atoms with Crippen molar-refractivity contribution in [1.82, 2.24) is 10.3 Å². The lowest BCUT2D eigenvalue weighted by Crippen LogP contribution is -2.23. The first-order valence-electron chi connectivity index (χ1n) is 5.77. The molecule has 2 aromatic rings. The van der Waals surface area contributed by atoms with E-state index in [1.807, 2.05) is 6.92 Å². The number of benzene rings is 1. The lowest BCUT2D eigenvalue weighted by Gasteiger charge is -2.04. The molecule has 100 valence electrons. The molecule has 1 amide bonds. The Hall–Kier alpha value is -1.27. The topological polar surface area (TPSA) is 42.0 Å². The van der Waals surface area contributed by atoms with Gasteiger partial charge in [-0.15, -0.1) is 11.3 Å². The predicted octanol–water partition coefficient (Wildman–Crippen LogP) is 3.54. The zero-order chi connectivity index (χ0) is 13.8. The first-order chi connectivity index (χ1) is 9.10. The summed E-state index contributed by atoms with van der Waals surface area (Å²) in [7, 11) is 0. The number of carbonyl (C=O) groups is 1. The van der Waals surface area contributed by atoms with E-state index in [1.54, 1.807) is 23.6 Å². The maximum absolute atomic E-state index is 13.6. The van der Waals surface area contributed by atoms with Gasteiger partial charge in [0.2, 0.25) is 0 Å². The Morgan fingerprint density at radius 1 is 1.53 bits per heavy atom. The fourth-order valence-electron chi connectivity index (χ4n) is 1.52. The van der Waals surface area contributed by atoms with Gasteiger partial charge in [0, 0.05) is 15.5 Å². The molecule has 1 N–H and O–H groups in total. The van der Waals surface area contributed by atoms with Crippen LogP contribution in [-0.2, 0) is 13.0 Å². The molecule has 0 aliphatic rings. The third-order valence-electron chi connectivity index (χ3n) is 2.53. The molecule has 0 fully saturated rings. The van der Waals surface area contributed by atoms with Crippen molar-refractivity contribution >= 4 is 33.2 Å². The second-order valence-electron chi connectivity index (χ2n) is 3.88. The summed E-state index contributed by atoms with van der Waals surface area (Å²) in [6, 6.07) is 4.36. The quantitative estimate of drug-likeness (QED) is 0.923. The number of aromatic nitrogens is 1. The van der Waals surface area contributed by atoms with Gasteiger partial charge >= 0.3 is 0 Å². The van der Waals surface area contributed by atoms with Crippen molar-refractivity contribution in [1.29, 1.82) is 0 Å². The Morgan fingerprint density at radius 2 is 2.32 bits per heavy atom. The summed E-state index contributed by atoms with van der Waals surface area (Å²) >= 11 is 4.70. The number of hydrogen-bond donors (Lipinski definition) is 1. The van der Waals surface area contributed by atoms with Crippen LogP contribution in [0.5, 0.6) is 0 Å². The zero-order valence-electron chi connectivity index (χ0n) is 10.2. The van der Waals surface area contributed by atoms with Gasteiger partial charge in [-0.25, -0.2) is 9.37 Å². The van der Waals surface area contributed by atoms with E-state index in [-0.39, 0.29) is 5.56 Å². The Labute approximate surface area is 123 Å². The van der Waals surface area contributed by atoms with Crippen LogP contribution < -0.4 is 5.32 Å². The molecule has 19 heavy (non-hydrogen) atoms. The Kier molecular flexibility index (Phi) is 4.66. The molecule has 0 saturated carbocycles. The summed E-state index contributed by atoms with van der Waals surface area (Å²) < 4.78 is 14.2. The first-order valence-corrected chi connectivity index (χ1v) is 7.38. The number of nitrogens with zero attached hydrogens (tertiary/aromatic N) is 1. The second kappa shape index (κ2) is 6.25. The van der Waals surface area contributed by atoms with Crippen LogP contribution in [0.3, 0.4) is 0 Å². The molecule has 1 aromatic heterocycles. The number of carbonyl (C=O) groups excluding carboxylic acids is 1. The van der Waals surface area contributed by atoms with Gasteiger partial charge < -0.3 is 5.32 Å². The third kappa shape index (κ3) is 3.61. The summed E-state index contributed by atoms with van der Waals surface area (Å²) in [4.78, 5) is 17.2. The summed E-state index contributed by atoms with van der Waals surface area (Å²) in [6.45, 7) is 2.37. The molecule has 0 spiro atoms. The molecule has 0 radical (unpaired) electrons. The van der Waals surface area contributed by atoms with E-state index in [0.717, 1.165) is 11.4 Å². The molecule has 0 saturated heterocycles. The largest absolute Gasteiger partial charge is 0.345 e. The highest BCUT2D eigenvalue weighted by atomic mass is 79.9. The molecular weight excluding hydrogens is 331 g/mol. The fraction of sp³-hybridized carbons (Fsp3) is 0.231. The first kappa shape index (κ1) is 14.1. The maximum atomic E-state index is 13.6. The summed E-state index contributed by atoms with van der Waals surface area (Å²) in [5.74, 6) is -0.974. The van der Waals surface area contributed by atoms with Crippen LogP contribution in [0.2, 0.25) is 0 Å². The van der Waals surface area contributed by atoms with E-state index < -0.39 is 11.7 Å². The van der Waals surface area contributed by atoms with Crippen molar-refractivity contribution in [3.8, 4) is 0 Å². The number of amides is 1. The highest BCUT2D eigenvalue weighted by molar-refractivity contribution is 9.10. The maximum Gasteiger partial charge on any atom is 0.254 e. The lowest BCUT2D eigenvalue weighted by molar-refractivity contribution is 0.0947. The molecule has 3 nitrogen and oxygen atoms in total. The van der Waals surface area contributed by atoms with E-state index in [9.17, 15) is 9.18 Å². The van der Waals surface area contributed by atoms with Crippen LogP contribution in [0.15, 0.2) is 28.9 Å². The van der Waals surface area contributed by atoms with E-state index >= 15 is 0 Å². The van der Waals surface area contributed by atoms with Crippen molar-refractivity contribution in [3.63, 3.8) is 0 Å². The number of aryl methyl sites for hydroxylation is 1. The minimum absolute atomic E-state index is 0.0375. The zero-order valence-corrected chi connectivity index (χ0v) is 12.6. The molecule has 0 aliphatic heterocycles. The van der Waals surface area contributed by atoms with Crippen molar-refractivity contribution in [2.45, 2.75) is 19.9 Å². The molecule has 1 heterocycles. The summed E-state index contributed by atoms with van der Waals surface area (Å²) in [5, 5.41) is 3.49. The summed E-state index contributed by atoms with van der Waals surface area (Å²) in [6.07, 6.45) is 2.72. The average Bonchev–Trinajstić information content (AvgIpc) is 2.84. The number of nitrogens with one attached hydrogen (secondary N) is 1. The fourth-order valence-corrected chi connectivity index (χ4v) is 2.65. The van der Waals surface area contributed by atoms with Gasteiger partial charge in [-0.05, 0) is 24.6 Å². The highest BCUT2D eigenvalue weighted by Crippen LogP contribution is 2.16. The SMILES string of the molecule is CCc1cnc(CNC(=O)c2ccc(Br)cc2F)s1. The molecule has 0 aliphatic carbocycles. The van der Waals surface area contributed by atoms with E-state index in [4.69, 9.17) is 0 Å². The van der Waals surface area contributed by atoms with Crippen LogP contribution in [0, 0.1) is 5.82 Å².